The molecule has 0 spiro atoms. The van der Waals surface area contributed by atoms with Crippen molar-refractivity contribution < 1.29 is 31.9 Å². The molecule has 1 saturated heterocycles. The molecule has 0 radical (unpaired) electrons. The Bertz CT molecular complexity index is 708. The van der Waals surface area contributed by atoms with Crippen LogP contribution in [0.3, 0.4) is 0 Å². The van der Waals surface area contributed by atoms with E-state index in [1.807, 2.05) is 4.90 Å². The van der Waals surface area contributed by atoms with E-state index in [1.165, 1.54) is 0 Å². The molecule has 3 N–H and O–H groups in total. The molecule has 8 nitrogen and oxygen atoms in total. The van der Waals surface area contributed by atoms with Crippen LogP contribution >= 0.6 is 0 Å². The van der Waals surface area contributed by atoms with Crippen molar-refractivity contribution in [3.05, 3.63) is 29.3 Å². The molecule has 24 heavy (non-hydrogen) atoms. The van der Waals surface area contributed by atoms with Gasteiger partial charge in [-0.1, -0.05) is 0 Å². The second-order valence-corrected chi connectivity index (χ2v) is 6.83. The third kappa shape index (κ3) is 4.45. The molecule has 1 aliphatic rings. The van der Waals surface area contributed by atoms with E-state index < -0.39 is 38.0 Å². The molecule has 0 aromatic heterocycles. The van der Waals surface area contributed by atoms with Crippen molar-refractivity contribution in [3.63, 3.8) is 0 Å². The van der Waals surface area contributed by atoms with E-state index in [2.05, 4.69) is 4.72 Å². The number of nitrogens with zero attached hydrogens (tertiary/aromatic N) is 1. The fourth-order valence-electron chi connectivity index (χ4n) is 2.19. The van der Waals surface area contributed by atoms with Crippen LogP contribution < -0.4 is 10.2 Å². The molecule has 1 aromatic carbocycles. The average molecular weight is 365 g/mol. The molecule has 1 aromatic rings. The first-order valence-electron chi connectivity index (χ1n) is 7.08. The van der Waals surface area contributed by atoms with Crippen molar-refractivity contribution in [2.45, 2.75) is 4.90 Å². The average Bonchev–Trinajstić information content (AvgIpc) is 2.57. The Morgan fingerprint density at radius 3 is 2.58 bits per heavy atom. The van der Waals surface area contributed by atoms with E-state index >= 15 is 0 Å². The van der Waals surface area contributed by atoms with Crippen LogP contribution in [0, 0.1) is 11.6 Å². The second-order valence-electron chi connectivity index (χ2n) is 5.06. The summed E-state index contributed by atoms with van der Waals surface area (Å²) in [7, 11) is -4.14. The molecule has 1 heterocycles. The Hall–Kier alpha value is -1.66. The summed E-state index contributed by atoms with van der Waals surface area (Å²) in [5.74, 6) is -4.41. The van der Waals surface area contributed by atoms with Crippen LogP contribution in [0.5, 0.6) is 0 Å². The minimum Gasteiger partial charge on any atom is -0.379 e. The lowest BCUT2D eigenvalue weighted by molar-refractivity contribution is 0.0390. The number of halogens is 2. The van der Waals surface area contributed by atoms with Gasteiger partial charge in [0.05, 0.1) is 23.7 Å². The molecule has 0 saturated carbocycles. The Labute approximate surface area is 137 Å². The zero-order chi connectivity index (χ0) is 17.7. The highest BCUT2D eigenvalue weighted by molar-refractivity contribution is 7.89. The summed E-state index contributed by atoms with van der Waals surface area (Å²) >= 11 is 0. The van der Waals surface area contributed by atoms with Gasteiger partial charge in [0.2, 0.25) is 10.0 Å². The van der Waals surface area contributed by atoms with E-state index in [1.54, 1.807) is 0 Å². The quantitative estimate of drug-likeness (QED) is 0.472. The van der Waals surface area contributed by atoms with Gasteiger partial charge in [0, 0.05) is 26.2 Å². The molecule has 2 rings (SSSR count). The highest BCUT2D eigenvalue weighted by Gasteiger charge is 2.23. The van der Waals surface area contributed by atoms with Crippen LogP contribution in [0.2, 0.25) is 0 Å². The monoisotopic (exact) mass is 365 g/mol. The van der Waals surface area contributed by atoms with Crippen molar-refractivity contribution in [3.8, 4) is 0 Å². The first-order chi connectivity index (χ1) is 11.3. The van der Waals surface area contributed by atoms with E-state index in [0.717, 1.165) is 5.48 Å². The van der Waals surface area contributed by atoms with Crippen molar-refractivity contribution in [1.29, 1.82) is 0 Å². The number of benzene rings is 1. The van der Waals surface area contributed by atoms with Gasteiger partial charge in [-0.05, 0) is 12.1 Å². The fourth-order valence-corrected chi connectivity index (χ4v) is 3.25. The lowest BCUT2D eigenvalue weighted by Crippen LogP contribution is -2.41. The minimum absolute atomic E-state index is 0.0584. The SMILES string of the molecule is O=C(NO)c1cc(S(=O)(=O)NCCN2CCOCC2)cc(F)c1F. The Morgan fingerprint density at radius 2 is 1.96 bits per heavy atom. The number of rotatable bonds is 6. The summed E-state index contributed by atoms with van der Waals surface area (Å²) < 4.78 is 58.8. The number of hydroxylamine groups is 1. The summed E-state index contributed by atoms with van der Waals surface area (Å²) in [6.07, 6.45) is 0. The normalized spacial score (nSPS) is 16.1. The zero-order valence-electron chi connectivity index (χ0n) is 12.6. The largest absolute Gasteiger partial charge is 0.379 e. The van der Waals surface area contributed by atoms with Gasteiger partial charge in [0.1, 0.15) is 0 Å². The van der Waals surface area contributed by atoms with E-state index in [0.29, 0.717) is 45.0 Å². The summed E-state index contributed by atoms with van der Waals surface area (Å²) in [6.45, 7) is 2.96. The number of amides is 1. The van der Waals surface area contributed by atoms with Crippen LogP contribution in [-0.4, -0.2) is 63.8 Å². The van der Waals surface area contributed by atoms with E-state index in [-0.39, 0.29) is 6.54 Å². The fraction of sp³-hybridized carbons (Fsp3) is 0.462. The summed E-state index contributed by atoms with van der Waals surface area (Å²) in [4.78, 5) is 12.7. The molecule has 1 aliphatic heterocycles. The van der Waals surface area contributed by atoms with Crippen LogP contribution in [0.25, 0.3) is 0 Å². The van der Waals surface area contributed by atoms with Crippen LogP contribution in [0.15, 0.2) is 17.0 Å². The molecule has 134 valence electrons. The third-order valence-electron chi connectivity index (χ3n) is 3.48. The number of hydrogen-bond acceptors (Lipinski definition) is 6. The number of morpholine rings is 1. The Morgan fingerprint density at radius 1 is 1.29 bits per heavy atom. The maximum atomic E-state index is 13.5. The summed E-state index contributed by atoms with van der Waals surface area (Å²) in [5.41, 5.74) is 0.224. The molecule has 11 heteroatoms. The Balaban J connectivity index is 2.10. The summed E-state index contributed by atoms with van der Waals surface area (Å²) in [5, 5.41) is 8.51. The zero-order valence-corrected chi connectivity index (χ0v) is 13.4. The van der Waals surface area contributed by atoms with Gasteiger partial charge in [-0.25, -0.2) is 27.4 Å². The van der Waals surface area contributed by atoms with Gasteiger partial charge >= 0.3 is 0 Å². The maximum Gasteiger partial charge on any atom is 0.277 e. The predicted octanol–water partition coefficient (Wildman–Crippen LogP) is -0.306. The van der Waals surface area contributed by atoms with Crippen LogP contribution in [-0.2, 0) is 14.8 Å². The van der Waals surface area contributed by atoms with Crippen molar-refractivity contribution >= 4 is 15.9 Å². The molecule has 1 fully saturated rings. The minimum atomic E-state index is -4.14. The number of carbonyl (C=O) groups is 1. The highest BCUT2D eigenvalue weighted by atomic mass is 32.2. The van der Waals surface area contributed by atoms with Crippen LogP contribution in [0.4, 0.5) is 8.78 Å². The van der Waals surface area contributed by atoms with Crippen LogP contribution in [0.1, 0.15) is 10.4 Å². The lowest BCUT2D eigenvalue weighted by Gasteiger charge is -2.26. The topological polar surface area (TPSA) is 108 Å². The second kappa shape index (κ2) is 7.94. The van der Waals surface area contributed by atoms with Crippen molar-refractivity contribution in [2.24, 2.45) is 0 Å². The van der Waals surface area contributed by atoms with Gasteiger partial charge in [0.15, 0.2) is 11.6 Å². The number of ether oxygens (including phenoxy) is 1. The van der Waals surface area contributed by atoms with Crippen molar-refractivity contribution in [1.82, 2.24) is 15.1 Å². The molecular weight excluding hydrogens is 348 g/mol. The Kier molecular flexibility index (Phi) is 6.18. The number of carbonyl (C=O) groups excluding carboxylic acids is 1. The standard InChI is InChI=1S/C13H17F2N3O5S/c14-11-8-9(7-10(12(11)15)13(19)17-20)24(21,22)16-1-2-18-3-5-23-6-4-18/h7-8,16,20H,1-6H2,(H,17,19). The molecule has 1 amide bonds. The lowest BCUT2D eigenvalue weighted by atomic mass is 10.2. The van der Waals surface area contributed by atoms with E-state index in [9.17, 15) is 22.0 Å². The van der Waals surface area contributed by atoms with Crippen molar-refractivity contribution in [2.75, 3.05) is 39.4 Å². The molecule has 0 atom stereocenters. The third-order valence-corrected chi connectivity index (χ3v) is 4.92. The number of nitrogens with one attached hydrogen (secondary N) is 2. The van der Waals surface area contributed by atoms with Gasteiger partial charge in [-0.15, -0.1) is 0 Å². The van der Waals surface area contributed by atoms with Gasteiger partial charge in [0.25, 0.3) is 5.91 Å². The van der Waals surface area contributed by atoms with Gasteiger partial charge < -0.3 is 4.74 Å². The highest BCUT2D eigenvalue weighted by Crippen LogP contribution is 2.18. The molecule has 0 aliphatic carbocycles. The number of sulfonamides is 1. The van der Waals surface area contributed by atoms with Gasteiger partial charge in [-0.2, -0.15) is 0 Å². The smallest absolute Gasteiger partial charge is 0.277 e. The first kappa shape index (κ1) is 18.7. The molecular formula is C13H17F2N3O5S. The first-order valence-corrected chi connectivity index (χ1v) is 8.56. The maximum absolute atomic E-state index is 13.5. The predicted molar refractivity (Wildman–Crippen MR) is 78.1 cm³/mol. The van der Waals surface area contributed by atoms with Gasteiger partial charge in [-0.3, -0.25) is 14.9 Å². The number of hydrogen-bond donors (Lipinski definition) is 3. The summed E-state index contributed by atoms with van der Waals surface area (Å²) in [6, 6.07) is 1.13. The molecule has 0 bridgehead atoms. The molecule has 0 unspecified atom stereocenters. The van der Waals surface area contributed by atoms with E-state index in [4.69, 9.17) is 9.94 Å².